The van der Waals surface area contributed by atoms with Crippen molar-refractivity contribution in [1.82, 2.24) is 0 Å². The van der Waals surface area contributed by atoms with E-state index >= 15 is 0 Å². The van der Waals surface area contributed by atoms with E-state index in [4.69, 9.17) is 15.4 Å². The molecule has 4 heteroatoms. The molecule has 0 bridgehead atoms. The van der Waals surface area contributed by atoms with Crippen LogP contribution in [0.1, 0.15) is 20.8 Å². The molecule has 0 aromatic rings. The summed E-state index contributed by atoms with van der Waals surface area (Å²) in [5, 5.41) is 0. The van der Waals surface area contributed by atoms with Gasteiger partial charge in [-0.2, -0.15) is 0 Å². The summed E-state index contributed by atoms with van der Waals surface area (Å²) < 4.78 is 10.6. The summed E-state index contributed by atoms with van der Waals surface area (Å²) in [7, 11) is 0. The minimum Gasteiger partial charge on any atom is -0.379 e. The summed E-state index contributed by atoms with van der Waals surface area (Å²) >= 11 is 0. The lowest BCUT2D eigenvalue weighted by atomic mass is 10.2. The van der Waals surface area contributed by atoms with Gasteiger partial charge in [-0.1, -0.05) is 13.8 Å². The van der Waals surface area contributed by atoms with Crippen molar-refractivity contribution in [2.75, 3.05) is 26.4 Å². The lowest BCUT2D eigenvalue weighted by Gasteiger charge is -2.10. The first-order chi connectivity index (χ1) is 6.16. The first-order valence-corrected chi connectivity index (χ1v) is 4.67. The van der Waals surface area contributed by atoms with Crippen LogP contribution >= 0.6 is 0 Å². The first kappa shape index (κ1) is 12.8. The zero-order valence-electron chi connectivity index (χ0n) is 8.79. The fourth-order valence-corrected chi connectivity index (χ4v) is 0.725. The van der Waals surface area contributed by atoms with Gasteiger partial charge in [0.25, 0.3) is 0 Å². The average molecular weight is 191 g/mol. The van der Waals surface area contributed by atoms with Gasteiger partial charge in [-0.3, -0.25) is 4.84 Å². The number of hydrogen-bond donors (Lipinski definition) is 1. The molecule has 0 rings (SSSR count). The van der Waals surface area contributed by atoms with Crippen molar-refractivity contribution >= 4 is 0 Å². The Morgan fingerprint density at radius 3 is 2.00 bits per heavy atom. The number of ether oxygens (including phenoxy) is 2. The van der Waals surface area contributed by atoms with E-state index in [1.165, 1.54) is 0 Å². The zero-order valence-corrected chi connectivity index (χ0v) is 8.79. The molecule has 4 nitrogen and oxygen atoms in total. The van der Waals surface area contributed by atoms with Gasteiger partial charge in [0.15, 0.2) is 0 Å². The molecule has 0 aromatic carbocycles. The van der Waals surface area contributed by atoms with Gasteiger partial charge in [0.1, 0.15) is 0 Å². The van der Waals surface area contributed by atoms with Crippen LogP contribution in [0.5, 0.6) is 0 Å². The van der Waals surface area contributed by atoms with Crippen LogP contribution in [-0.4, -0.2) is 32.5 Å². The van der Waals surface area contributed by atoms with Crippen molar-refractivity contribution < 1.29 is 14.3 Å². The standard InChI is InChI=1S/C9H21NO3/c1-8(2)6-11-4-5-12-7-9(3)13-10/h8-9H,4-7,10H2,1-3H3. The zero-order chi connectivity index (χ0) is 10.1. The highest BCUT2D eigenvalue weighted by atomic mass is 16.6. The summed E-state index contributed by atoms with van der Waals surface area (Å²) in [5.74, 6) is 5.52. The molecular weight excluding hydrogens is 170 g/mol. The van der Waals surface area contributed by atoms with Crippen LogP contribution in [0.15, 0.2) is 0 Å². The van der Waals surface area contributed by atoms with Crippen molar-refractivity contribution in [3.8, 4) is 0 Å². The van der Waals surface area contributed by atoms with E-state index in [1.807, 2.05) is 6.92 Å². The summed E-state index contributed by atoms with van der Waals surface area (Å²) in [5.41, 5.74) is 0. The predicted octanol–water partition coefficient (Wildman–Crippen LogP) is 0.954. The Balaban J connectivity index is 2.99. The Kier molecular flexibility index (Phi) is 8.33. The third-order valence-electron chi connectivity index (χ3n) is 1.41. The molecule has 0 saturated heterocycles. The van der Waals surface area contributed by atoms with Gasteiger partial charge in [0.2, 0.25) is 0 Å². The van der Waals surface area contributed by atoms with Gasteiger partial charge in [-0.05, 0) is 12.8 Å². The van der Waals surface area contributed by atoms with E-state index in [-0.39, 0.29) is 6.10 Å². The van der Waals surface area contributed by atoms with Crippen LogP contribution in [-0.2, 0) is 14.3 Å². The van der Waals surface area contributed by atoms with Crippen LogP contribution in [0.4, 0.5) is 0 Å². The third kappa shape index (κ3) is 9.76. The van der Waals surface area contributed by atoms with Crippen molar-refractivity contribution in [3.05, 3.63) is 0 Å². The maximum absolute atomic E-state index is 5.31. The summed E-state index contributed by atoms with van der Waals surface area (Å²) in [6.07, 6.45) is -0.0508. The third-order valence-corrected chi connectivity index (χ3v) is 1.41. The van der Waals surface area contributed by atoms with E-state index < -0.39 is 0 Å². The maximum Gasteiger partial charge on any atom is 0.0992 e. The molecule has 0 radical (unpaired) electrons. The van der Waals surface area contributed by atoms with Crippen molar-refractivity contribution in [1.29, 1.82) is 0 Å². The highest BCUT2D eigenvalue weighted by molar-refractivity contribution is 4.44. The molecule has 1 unspecified atom stereocenters. The monoisotopic (exact) mass is 191 g/mol. The minimum absolute atomic E-state index is 0.0508. The topological polar surface area (TPSA) is 53.7 Å². The quantitative estimate of drug-likeness (QED) is 0.458. The Morgan fingerprint density at radius 2 is 1.54 bits per heavy atom. The normalized spacial score (nSPS) is 13.6. The number of hydrogen-bond acceptors (Lipinski definition) is 4. The predicted molar refractivity (Wildman–Crippen MR) is 51.2 cm³/mol. The molecule has 13 heavy (non-hydrogen) atoms. The molecule has 0 aliphatic rings. The number of rotatable bonds is 8. The molecule has 0 aromatic heterocycles. The fourth-order valence-electron chi connectivity index (χ4n) is 0.725. The van der Waals surface area contributed by atoms with Crippen LogP contribution < -0.4 is 5.90 Å². The first-order valence-electron chi connectivity index (χ1n) is 4.67. The largest absolute Gasteiger partial charge is 0.379 e. The molecule has 0 amide bonds. The van der Waals surface area contributed by atoms with Gasteiger partial charge in [0, 0.05) is 6.61 Å². The molecule has 0 fully saturated rings. The molecule has 0 aliphatic heterocycles. The molecular formula is C9H21NO3. The minimum atomic E-state index is -0.0508. The molecule has 0 spiro atoms. The smallest absolute Gasteiger partial charge is 0.0992 e. The maximum atomic E-state index is 5.31. The van der Waals surface area contributed by atoms with Crippen LogP contribution in [0.25, 0.3) is 0 Å². The molecule has 1 atom stereocenters. The molecule has 0 heterocycles. The van der Waals surface area contributed by atoms with E-state index in [0.717, 1.165) is 6.61 Å². The SMILES string of the molecule is CC(C)COCCOCC(C)ON. The van der Waals surface area contributed by atoms with Gasteiger partial charge in [-0.15, -0.1) is 0 Å². The summed E-state index contributed by atoms with van der Waals surface area (Å²) in [6, 6.07) is 0. The van der Waals surface area contributed by atoms with Crippen molar-refractivity contribution in [3.63, 3.8) is 0 Å². The highest BCUT2D eigenvalue weighted by Gasteiger charge is 1.99. The van der Waals surface area contributed by atoms with E-state index in [1.54, 1.807) is 0 Å². The Hall–Kier alpha value is -0.160. The fraction of sp³-hybridized carbons (Fsp3) is 1.00. The van der Waals surface area contributed by atoms with Crippen LogP contribution in [0, 0.1) is 5.92 Å². The van der Waals surface area contributed by atoms with Crippen LogP contribution in [0.3, 0.4) is 0 Å². The van der Waals surface area contributed by atoms with Crippen molar-refractivity contribution in [2.45, 2.75) is 26.9 Å². The Labute approximate surface area is 80.3 Å². The summed E-state index contributed by atoms with van der Waals surface area (Å²) in [6.45, 7) is 8.62. The van der Waals surface area contributed by atoms with Gasteiger partial charge in [0.05, 0.1) is 25.9 Å². The Morgan fingerprint density at radius 1 is 1.00 bits per heavy atom. The van der Waals surface area contributed by atoms with E-state index in [2.05, 4.69) is 18.7 Å². The molecule has 80 valence electrons. The van der Waals surface area contributed by atoms with E-state index in [9.17, 15) is 0 Å². The van der Waals surface area contributed by atoms with Gasteiger partial charge < -0.3 is 9.47 Å². The van der Waals surface area contributed by atoms with Crippen LogP contribution in [0.2, 0.25) is 0 Å². The lowest BCUT2D eigenvalue weighted by molar-refractivity contribution is -0.0264. The van der Waals surface area contributed by atoms with Gasteiger partial charge in [-0.25, -0.2) is 5.90 Å². The second-order valence-electron chi connectivity index (χ2n) is 3.49. The molecule has 0 saturated carbocycles. The lowest BCUT2D eigenvalue weighted by Crippen LogP contribution is -2.21. The molecule has 0 aliphatic carbocycles. The van der Waals surface area contributed by atoms with Crippen molar-refractivity contribution in [2.24, 2.45) is 11.8 Å². The summed E-state index contributed by atoms with van der Waals surface area (Å²) in [4.78, 5) is 4.53. The van der Waals surface area contributed by atoms with Gasteiger partial charge >= 0.3 is 0 Å². The Bertz CT molecular complexity index is 109. The second-order valence-corrected chi connectivity index (χ2v) is 3.49. The second kappa shape index (κ2) is 8.44. The van der Waals surface area contributed by atoms with E-state index in [0.29, 0.717) is 25.7 Å². The molecule has 2 N–H and O–H groups in total. The average Bonchev–Trinajstić information content (AvgIpc) is 2.10. The highest BCUT2D eigenvalue weighted by Crippen LogP contribution is 1.92. The number of nitrogens with two attached hydrogens (primary N) is 1.